The van der Waals surface area contributed by atoms with Crippen LogP contribution in [0.3, 0.4) is 0 Å². The number of hydrogen-bond donors (Lipinski definition) is 2. The second-order valence-electron chi connectivity index (χ2n) is 4.46. The fraction of sp³-hybridized carbons (Fsp3) is 1.00. The van der Waals surface area contributed by atoms with E-state index in [0.717, 1.165) is 6.54 Å². The Hall–Kier alpha value is -0.170. The molecule has 0 aromatic carbocycles. The molecule has 0 aliphatic carbocycles. The maximum Gasteiger partial charge on any atom is 0.211 e. The van der Waals surface area contributed by atoms with Crippen LogP contribution >= 0.6 is 0 Å². The van der Waals surface area contributed by atoms with Crippen molar-refractivity contribution >= 4 is 10.0 Å². The van der Waals surface area contributed by atoms with Gasteiger partial charge >= 0.3 is 0 Å². The molecular weight excluding hydrogens is 240 g/mol. The van der Waals surface area contributed by atoms with Crippen LogP contribution in [0.25, 0.3) is 0 Å². The average Bonchev–Trinajstić information content (AvgIpc) is 2.20. The van der Waals surface area contributed by atoms with E-state index in [9.17, 15) is 8.42 Å². The Morgan fingerprint density at radius 3 is 2.41 bits per heavy atom. The first-order valence-electron chi connectivity index (χ1n) is 6.18. The van der Waals surface area contributed by atoms with Gasteiger partial charge in [-0.2, -0.15) is 0 Å². The first-order chi connectivity index (χ1) is 7.87. The molecule has 2 N–H and O–H groups in total. The van der Waals surface area contributed by atoms with Gasteiger partial charge in [-0.05, 0) is 26.8 Å². The lowest BCUT2D eigenvalue weighted by Gasteiger charge is -2.14. The van der Waals surface area contributed by atoms with Gasteiger partial charge in [0.25, 0.3) is 0 Å². The molecule has 0 aliphatic rings. The third-order valence-corrected chi connectivity index (χ3v) is 3.68. The molecule has 0 aliphatic heterocycles. The van der Waals surface area contributed by atoms with Gasteiger partial charge in [-0.3, -0.25) is 0 Å². The van der Waals surface area contributed by atoms with Crippen molar-refractivity contribution in [3.63, 3.8) is 0 Å². The van der Waals surface area contributed by atoms with Crippen molar-refractivity contribution in [2.45, 2.75) is 46.2 Å². The highest BCUT2D eigenvalue weighted by Crippen LogP contribution is 1.94. The zero-order valence-corrected chi connectivity index (χ0v) is 12.1. The van der Waals surface area contributed by atoms with Gasteiger partial charge in [0.2, 0.25) is 10.0 Å². The molecule has 1 unspecified atom stereocenters. The molecule has 0 aromatic rings. The van der Waals surface area contributed by atoms with Crippen molar-refractivity contribution in [2.75, 3.05) is 25.5 Å². The van der Waals surface area contributed by atoms with Gasteiger partial charge in [0.05, 0.1) is 12.4 Å². The molecule has 0 amide bonds. The van der Waals surface area contributed by atoms with Crippen molar-refractivity contribution in [1.82, 2.24) is 10.0 Å². The summed E-state index contributed by atoms with van der Waals surface area (Å²) in [6.45, 7) is 9.51. The normalized spacial score (nSPS) is 14.2. The topological polar surface area (TPSA) is 67.4 Å². The Balaban J connectivity index is 3.79. The predicted octanol–water partition coefficient (Wildman–Crippen LogP) is 0.719. The van der Waals surface area contributed by atoms with Crippen LogP contribution in [0.2, 0.25) is 0 Å². The van der Waals surface area contributed by atoms with E-state index in [1.165, 1.54) is 0 Å². The molecule has 0 spiro atoms. The quantitative estimate of drug-likeness (QED) is 0.572. The highest BCUT2D eigenvalue weighted by molar-refractivity contribution is 7.89. The molecule has 6 heteroatoms. The van der Waals surface area contributed by atoms with E-state index in [-0.39, 0.29) is 11.8 Å². The highest BCUT2D eigenvalue weighted by atomic mass is 32.2. The molecule has 0 bridgehead atoms. The van der Waals surface area contributed by atoms with Gasteiger partial charge in [0.1, 0.15) is 0 Å². The molecule has 0 heterocycles. The minimum Gasteiger partial charge on any atom is -0.380 e. The Bertz CT molecular complexity index is 278. The molecule has 0 saturated heterocycles. The minimum absolute atomic E-state index is 0.156. The molecule has 0 aromatic heterocycles. The molecule has 17 heavy (non-hydrogen) atoms. The monoisotopic (exact) mass is 266 g/mol. The lowest BCUT2D eigenvalue weighted by molar-refractivity contribution is 0.133. The zero-order valence-electron chi connectivity index (χ0n) is 11.3. The molecule has 0 radical (unpaired) electrons. The van der Waals surface area contributed by atoms with E-state index in [4.69, 9.17) is 4.74 Å². The standard InChI is InChI=1S/C11H26N2O3S/c1-5-16-9-11(4)13-17(14,15)8-6-7-12-10(2)3/h10-13H,5-9H2,1-4H3. The van der Waals surface area contributed by atoms with Gasteiger partial charge < -0.3 is 10.1 Å². The maximum atomic E-state index is 11.7. The SMILES string of the molecule is CCOCC(C)NS(=O)(=O)CCCNC(C)C. The Kier molecular flexibility index (Phi) is 8.77. The van der Waals surface area contributed by atoms with Gasteiger partial charge in [-0.25, -0.2) is 13.1 Å². The summed E-state index contributed by atoms with van der Waals surface area (Å²) in [6, 6.07) is 0.223. The van der Waals surface area contributed by atoms with Crippen LogP contribution in [-0.4, -0.2) is 46.0 Å². The Morgan fingerprint density at radius 1 is 1.24 bits per heavy atom. The van der Waals surface area contributed by atoms with Crippen molar-refractivity contribution < 1.29 is 13.2 Å². The maximum absolute atomic E-state index is 11.7. The zero-order chi connectivity index (χ0) is 13.3. The third kappa shape index (κ3) is 10.7. The molecule has 0 saturated carbocycles. The fourth-order valence-corrected chi connectivity index (χ4v) is 2.67. The summed E-state index contributed by atoms with van der Waals surface area (Å²) in [5.41, 5.74) is 0. The smallest absolute Gasteiger partial charge is 0.211 e. The summed E-state index contributed by atoms with van der Waals surface area (Å²) in [6.07, 6.45) is 0.620. The summed E-state index contributed by atoms with van der Waals surface area (Å²) in [7, 11) is -3.18. The van der Waals surface area contributed by atoms with E-state index < -0.39 is 10.0 Å². The lowest BCUT2D eigenvalue weighted by Crippen LogP contribution is -2.38. The summed E-state index contributed by atoms with van der Waals surface area (Å²) in [5, 5.41) is 3.19. The van der Waals surface area contributed by atoms with Gasteiger partial charge in [-0.1, -0.05) is 13.8 Å². The molecule has 1 atom stereocenters. The number of nitrogens with one attached hydrogen (secondary N) is 2. The average molecular weight is 266 g/mol. The summed E-state index contributed by atoms with van der Waals surface area (Å²) >= 11 is 0. The minimum atomic E-state index is -3.18. The van der Waals surface area contributed by atoms with E-state index in [0.29, 0.717) is 25.7 Å². The Labute approximate surface area is 105 Å². The van der Waals surface area contributed by atoms with Crippen molar-refractivity contribution in [3.8, 4) is 0 Å². The summed E-state index contributed by atoms with van der Waals surface area (Å²) in [4.78, 5) is 0. The van der Waals surface area contributed by atoms with Crippen molar-refractivity contribution in [2.24, 2.45) is 0 Å². The lowest BCUT2D eigenvalue weighted by atomic mass is 10.4. The summed E-state index contributed by atoms with van der Waals surface area (Å²) in [5.74, 6) is 0.156. The van der Waals surface area contributed by atoms with Gasteiger partial charge in [0.15, 0.2) is 0 Å². The molecule has 104 valence electrons. The second kappa shape index (κ2) is 8.85. The summed E-state index contributed by atoms with van der Waals surface area (Å²) < 4.78 is 31.1. The largest absolute Gasteiger partial charge is 0.380 e. The number of rotatable bonds is 10. The molecular formula is C11H26N2O3S. The Morgan fingerprint density at radius 2 is 1.88 bits per heavy atom. The van der Waals surface area contributed by atoms with E-state index in [1.54, 1.807) is 6.92 Å². The predicted molar refractivity (Wildman–Crippen MR) is 70.6 cm³/mol. The number of hydrogen-bond acceptors (Lipinski definition) is 4. The van der Waals surface area contributed by atoms with Crippen LogP contribution in [0.1, 0.15) is 34.1 Å². The van der Waals surface area contributed by atoms with Crippen molar-refractivity contribution in [3.05, 3.63) is 0 Å². The van der Waals surface area contributed by atoms with Crippen LogP contribution in [0.15, 0.2) is 0 Å². The van der Waals surface area contributed by atoms with E-state index in [1.807, 2.05) is 20.8 Å². The fourth-order valence-electron chi connectivity index (χ4n) is 1.35. The van der Waals surface area contributed by atoms with Gasteiger partial charge in [0, 0.05) is 18.7 Å². The van der Waals surface area contributed by atoms with Crippen LogP contribution in [0.5, 0.6) is 0 Å². The highest BCUT2D eigenvalue weighted by Gasteiger charge is 2.13. The third-order valence-electron chi connectivity index (χ3n) is 2.10. The van der Waals surface area contributed by atoms with E-state index >= 15 is 0 Å². The molecule has 0 fully saturated rings. The first-order valence-corrected chi connectivity index (χ1v) is 7.83. The van der Waals surface area contributed by atoms with E-state index in [2.05, 4.69) is 10.0 Å². The van der Waals surface area contributed by atoms with Crippen LogP contribution in [-0.2, 0) is 14.8 Å². The van der Waals surface area contributed by atoms with Crippen molar-refractivity contribution in [1.29, 1.82) is 0 Å². The van der Waals surface area contributed by atoms with Crippen LogP contribution in [0.4, 0.5) is 0 Å². The molecule has 0 rings (SSSR count). The van der Waals surface area contributed by atoms with Gasteiger partial charge in [-0.15, -0.1) is 0 Å². The number of sulfonamides is 1. The first kappa shape index (κ1) is 16.8. The molecule has 5 nitrogen and oxygen atoms in total. The number of ether oxygens (including phenoxy) is 1. The van der Waals surface area contributed by atoms with Crippen LogP contribution in [0, 0.1) is 0 Å². The van der Waals surface area contributed by atoms with Crippen LogP contribution < -0.4 is 10.0 Å². The second-order valence-corrected chi connectivity index (χ2v) is 6.33.